The lowest BCUT2D eigenvalue weighted by molar-refractivity contribution is 0.624. The number of nitrogens with zero attached hydrogens (tertiary/aromatic N) is 1. The van der Waals surface area contributed by atoms with Gasteiger partial charge in [-0.2, -0.15) is 5.26 Å². The number of benzene rings is 2. The molecule has 4 heteroatoms. The predicted octanol–water partition coefficient (Wildman–Crippen LogP) is 4.35. The van der Waals surface area contributed by atoms with Gasteiger partial charge >= 0.3 is 0 Å². The third-order valence-corrected chi connectivity index (χ3v) is 2.94. The maximum absolute atomic E-state index is 13.9. The molecule has 0 atom stereocenters. The Kier molecular flexibility index (Phi) is 3.59. The number of halogens is 3. The summed E-state index contributed by atoms with van der Waals surface area (Å²) in [4.78, 5) is 0. The highest BCUT2D eigenvalue weighted by Crippen LogP contribution is 2.31. The maximum Gasteiger partial charge on any atom is 0.142 e. The molecule has 0 fully saturated rings. The van der Waals surface area contributed by atoms with Gasteiger partial charge in [-0.05, 0) is 17.7 Å². The molecule has 0 aliphatic carbocycles. The summed E-state index contributed by atoms with van der Waals surface area (Å²) in [5.41, 5.74) is 1.10. The first-order valence-corrected chi connectivity index (χ1v) is 5.61. The second-order valence-electron chi connectivity index (χ2n) is 3.75. The molecule has 2 rings (SSSR count). The van der Waals surface area contributed by atoms with Gasteiger partial charge in [0.15, 0.2) is 0 Å². The Hall–Kier alpha value is -1.92. The minimum Gasteiger partial charge on any atom is -0.206 e. The third-order valence-electron chi connectivity index (χ3n) is 2.56. The van der Waals surface area contributed by atoms with Crippen molar-refractivity contribution < 1.29 is 8.78 Å². The topological polar surface area (TPSA) is 23.8 Å². The molecule has 0 bridgehead atoms. The monoisotopic (exact) mass is 263 g/mol. The Labute approximate surface area is 108 Å². The van der Waals surface area contributed by atoms with Crippen LogP contribution in [0.5, 0.6) is 0 Å². The number of nitriles is 1. The quantitative estimate of drug-likeness (QED) is 0.790. The molecule has 1 nitrogen and oxygen atoms in total. The zero-order chi connectivity index (χ0) is 13.1. The molecule has 2 aromatic rings. The van der Waals surface area contributed by atoms with Gasteiger partial charge in [0, 0.05) is 11.1 Å². The van der Waals surface area contributed by atoms with Crippen LogP contribution in [-0.4, -0.2) is 0 Å². The van der Waals surface area contributed by atoms with Crippen LogP contribution in [-0.2, 0) is 6.42 Å². The van der Waals surface area contributed by atoms with E-state index in [2.05, 4.69) is 0 Å². The lowest BCUT2D eigenvalue weighted by Gasteiger charge is -2.07. The molecule has 0 saturated carbocycles. The van der Waals surface area contributed by atoms with Crippen LogP contribution in [0.2, 0.25) is 5.02 Å². The fourth-order valence-corrected chi connectivity index (χ4v) is 1.92. The van der Waals surface area contributed by atoms with Crippen LogP contribution in [0.4, 0.5) is 8.78 Å². The van der Waals surface area contributed by atoms with E-state index in [1.165, 1.54) is 24.3 Å². The summed E-state index contributed by atoms with van der Waals surface area (Å²) >= 11 is 5.81. The van der Waals surface area contributed by atoms with Crippen molar-refractivity contribution in [3.63, 3.8) is 0 Å². The van der Waals surface area contributed by atoms with Gasteiger partial charge in [-0.1, -0.05) is 35.9 Å². The summed E-state index contributed by atoms with van der Waals surface area (Å²) in [6.45, 7) is 0. The first kappa shape index (κ1) is 12.5. The summed E-state index contributed by atoms with van der Waals surface area (Å²) < 4.78 is 27.2. The highest BCUT2D eigenvalue weighted by molar-refractivity contribution is 6.33. The summed E-state index contributed by atoms with van der Waals surface area (Å²) in [6.07, 6.45) is 0.133. The fourth-order valence-electron chi connectivity index (χ4n) is 1.69. The van der Waals surface area contributed by atoms with Crippen molar-refractivity contribution in [3.8, 4) is 17.2 Å². The van der Waals surface area contributed by atoms with Gasteiger partial charge in [-0.3, -0.25) is 0 Å². The van der Waals surface area contributed by atoms with E-state index < -0.39 is 11.6 Å². The van der Waals surface area contributed by atoms with Crippen LogP contribution in [0.15, 0.2) is 36.4 Å². The highest BCUT2D eigenvalue weighted by atomic mass is 35.5. The number of rotatable bonds is 2. The van der Waals surface area contributed by atoms with Crippen molar-refractivity contribution in [1.29, 1.82) is 5.26 Å². The Bertz CT molecular complexity index is 632. The molecule has 0 unspecified atom stereocenters. The van der Waals surface area contributed by atoms with Gasteiger partial charge in [0.1, 0.15) is 11.6 Å². The molecule has 0 N–H and O–H groups in total. The lowest BCUT2D eigenvalue weighted by Crippen LogP contribution is -1.90. The first-order chi connectivity index (χ1) is 8.63. The van der Waals surface area contributed by atoms with Gasteiger partial charge in [-0.15, -0.1) is 0 Å². The molecule has 0 aliphatic rings. The molecule has 2 aromatic carbocycles. The van der Waals surface area contributed by atoms with Gasteiger partial charge in [-0.25, -0.2) is 8.78 Å². The van der Waals surface area contributed by atoms with Crippen LogP contribution in [0, 0.1) is 23.0 Å². The Morgan fingerprint density at radius 1 is 1.06 bits per heavy atom. The van der Waals surface area contributed by atoms with E-state index in [0.29, 0.717) is 11.1 Å². The molecule has 0 saturated heterocycles. The molecule has 0 aliphatic heterocycles. The largest absolute Gasteiger partial charge is 0.206 e. The van der Waals surface area contributed by atoms with Crippen LogP contribution in [0.25, 0.3) is 11.1 Å². The Balaban J connectivity index is 2.52. The molecule has 90 valence electrons. The van der Waals surface area contributed by atoms with E-state index in [-0.39, 0.29) is 17.0 Å². The Morgan fingerprint density at radius 2 is 1.83 bits per heavy atom. The van der Waals surface area contributed by atoms with Crippen LogP contribution in [0.1, 0.15) is 5.56 Å². The zero-order valence-corrected chi connectivity index (χ0v) is 10.0. The van der Waals surface area contributed by atoms with E-state index in [9.17, 15) is 8.78 Å². The SMILES string of the molecule is N#CCc1ccc(-c2cccc(F)c2Cl)c(F)c1. The van der Waals surface area contributed by atoms with Gasteiger partial charge in [0.2, 0.25) is 0 Å². The summed E-state index contributed by atoms with van der Waals surface area (Å²) in [7, 11) is 0. The third kappa shape index (κ3) is 2.34. The van der Waals surface area contributed by atoms with Crippen LogP contribution < -0.4 is 0 Å². The fraction of sp³-hybridized carbons (Fsp3) is 0.0714. The van der Waals surface area contributed by atoms with Crippen molar-refractivity contribution in [2.75, 3.05) is 0 Å². The van der Waals surface area contributed by atoms with E-state index in [1.54, 1.807) is 12.1 Å². The molecular formula is C14H8ClF2N. The van der Waals surface area contributed by atoms with Crippen molar-refractivity contribution in [3.05, 3.63) is 58.6 Å². The summed E-state index contributed by atoms with van der Waals surface area (Å²) in [5, 5.41) is 8.43. The van der Waals surface area contributed by atoms with Crippen molar-refractivity contribution >= 4 is 11.6 Å². The van der Waals surface area contributed by atoms with Gasteiger partial charge < -0.3 is 0 Å². The van der Waals surface area contributed by atoms with E-state index >= 15 is 0 Å². The van der Waals surface area contributed by atoms with Gasteiger partial charge in [0.25, 0.3) is 0 Å². The van der Waals surface area contributed by atoms with Crippen molar-refractivity contribution in [2.45, 2.75) is 6.42 Å². The van der Waals surface area contributed by atoms with Crippen molar-refractivity contribution in [1.82, 2.24) is 0 Å². The van der Waals surface area contributed by atoms with E-state index in [1.807, 2.05) is 6.07 Å². The smallest absolute Gasteiger partial charge is 0.142 e. The standard InChI is InChI=1S/C14H8ClF2N/c15-14-11(2-1-3-12(14)16)10-5-4-9(6-7-18)8-13(10)17/h1-5,8H,6H2. The number of hydrogen-bond acceptors (Lipinski definition) is 1. The van der Waals surface area contributed by atoms with E-state index in [0.717, 1.165) is 0 Å². The molecule has 0 amide bonds. The molecule has 0 spiro atoms. The highest BCUT2D eigenvalue weighted by Gasteiger charge is 2.12. The number of hydrogen-bond donors (Lipinski definition) is 0. The minimum atomic E-state index is -0.588. The lowest BCUT2D eigenvalue weighted by atomic mass is 10.0. The molecule has 0 heterocycles. The average Bonchev–Trinajstić information content (AvgIpc) is 2.34. The van der Waals surface area contributed by atoms with Crippen LogP contribution in [0.3, 0.4) is 0 Å². The Morgan fingerprint density at radius 3 is 2.50 bits per heavy atom. The molecule has 0 radical (unpaired) electrons. The van der Waals surface area contributed by atoms with E-state index in [4.69, 9.17) is 16.9 Å². The minimum absolute atomic E-state index is 0.107. The summed E-state index contributed by atoms with van der Waals surface area (Å²) in [6, 6.07) is 10.6. The van der Waals surface area contributed by atoms with Gasteiger partial charge in [0.05, 0.1) is 17.5 Å². The normalized spacial score (nSPS) is 10.1. The zero-order valence-electron chi connectivity index (χ0n) is 9.25. The maximum atomic E-state index is 13.9. The first-order valence-electron chi connectivity index (χ1n) is 5.23. The second-order valence-corrected chi connectivity index (χ2v) is 4.13. The summed E-state index contributed by atoms with van der Waals surface area (Å²) in [5.74, 6) is -1.11. The van der Waals surface area contributed by atoms with Crippen LogP contribution >= 0.6 is 11.6 Å². The molecule has 18 heavy (non-hydrogen) atoms. The predicted molar refractivity (Wildman–Crippen MR) is 66.1 cm³/mol. The average molecular weight is 264 g/mol. The van der Waals surface area contributed by atoms with Crippen molar-refractivity contribution in [2.24, 2.45) is 0 Å². The molecular weight excluding hydrogens is 256 g/mol. The molecule has 0 aromatic heterocycles. The second kappa shape index (κ2) is 5.16.